The van der Waals surface area contributed by atoms with E-state index >= 15 is 0 Å². The Morgan fingerprint density at radius 2 is 2.25 bits per heavy atom. The molecule has 0 aliphatic rings. The van der Waals surface area contributed by atoms with Crippen LogP contribution in [0.1, 0.15) is 11.1 Å². The van der Waals surface area contributed by atoms with Crippen LogP contribution in [-0.4, -0.2) is 5.11 Å². The minimum atomic E-state index is 0.250. The van der Waals surface area contributed by atoms with Gasteiger partial charge in [0.1, 0.15) is 5.75 Å². The van der Waals surface area contributed by atoms with Crippen molar-refractivity contribution >= 4 is 11.6 Å². The van der Waals surface area contributed by atoms with Crippen LogP contribution < -0.4 is 0 Å². The third-order valence-electron chi connectivity index (χ3n) is 1.76. The van der Waals surface area contributed by atoms with Crippen LogP contribution in [0.3, 0.4) is 0 Å². The molecule has 12 heavy (non-hydrogen) atoms. The van der Waals surface area contributed by atoms with Crippen LogP contribution in [0.4, 0.5) is 0 Å². The highest BCUT2D eigenvalue weighted by atomic mass is 35.5. The van der Waals surface area contributed by atoms with E-state index in [1.807, 2.05) is 13.0 Å². The highest BCUT2D eigenvalue weighted by Crippen LogP contribution is 2.26. The van der Waals surface area contributed by atoms with E-state index < -0.39 is 0 Å². The van der Waals surface area contributed by atoms with Gasteiger partial charge in [-0.3, -0.25) is 0 Å². The van der Waals surface area contributed by atoms with E-state index in [9.17, 15) is 5.11 Å². The van der Waals surface area contributed by atoms with Crippen molar-refractivity contribution in [3.05, 3.63) is 40.9 Å². The van der Waals surface area contributed by atoms with E-state index in [0.717, 1.165) is 11.1 Å². The van der Waals surface area contributed by atoms with Gasteiger partial charge in [-0.15, -0.1) is 6.58 Å². The summed E-state index contributed by atoms with van der Waals surface area (Å²) in [5, 5.41) is 10.0. The van der Waals surface area contributed by atoms with E-state index in [2.05, 4.69) is 6.58 Å². The molecule has 1 nitrogen and oxygen atoms in total. The molecular weight excluding hydrogens is 172 g/mol. The third-order valence-corrected chi connectivity index (χ3v) is 1.98. The summed E-state index contributed by atoms with van der Waals surface area (Å²) in [6.07, 6.45) is 2.44. The summed E-state index contributed by atoms with van der Waals surface area (Å²) in [5.74, 6) is 0.250. The van der Waals surface area contributed by atoms with E-state index in [1.165, 1.54) is 0 Å². The molecule has 0 saturated carbocycles. The first kappa shape index (κ1) is 9.14. The van der Waals surface area contributed by atoms with Gasteiger partial charge in [-0.1, -0.05) is 17.7 Å². The molecule has 1 N–H and O–H groups in total. The Kier molecular flexibility index (Phi) is 2.77. The highest BCUT2D eigenvalue weighted by Gasteiger charge is 2.04. The number of aryl methyl sites for hydroxylation is 1. The Labute approximate surface area is 77.3 Å². The number of aromatic hydroxyl groups is 1. The van der Waals surface area contributed by atoms with Crippen molar-refractivity contribution in [1.29, 1.82) is 0 Å². The third kappa shape index (κ3) is 1.80. The average molecular weight is 183 g/mol. The van der Waals surface area contributed by atoms with E-state index in [1.54, 1.807) is 12.1 Å². The second kappa shape index (κ2) is 3.63. The average Bonchev–Trinajstić information content (AvgIpc) is 1.96. The Hall–Kier alpha value is -0.950. The molecule has 1 aromatic carbocycles. The number of hydrogen-bond acceptors (Lipinski definition) is 1. The molecule has 2 heteroatoms. The van der Waals surface area contributed by atoms with Gasteiger partial charge in [-0.05, 0) is 31.0 Å². The molecule has 0 fully saturated rings. The van der Waals surface area contributed by atoms with E-state index in [4.69, 9.17) is 11.6 Å². The summed E-state index contributed by atoms with van der Waals surface area (Å²) in [5.41, 5.74) is 1.90. The van der Waals surface area contributed by atoms with Gasteiger partial charge in [0.15, 0.2) is 0 Å². The molecular formula is C10H11ClO. The van der Waals surface area contributed by atoms with Crippen molar-refractivity contribution in [2.75, 3.05) is 0 Å². The Morgan fingerprint density at radius 3 is 2.75 bits per heavy atom. The predicted molar refractivity (Wildman–Crippen MR) is 51.8 cm³/mol. The summed E-state index contributed by atoms with van der Waals surface area (Å²) in [4.78, 5) is 0. The van der Waals surface area contributed by atoms with Crippen LogP contribution in [0.2, 0.25) is 5.02 Å². The lowest BCUT2D eigenvalue weighted by atomic mass is 10.0. The maximum Gasteiger partial charge on any atom is 0.120 e. The Morgan fingerprint density at radius 1 is 1.58 bits per heavy atom. The van der Waals surface area contributed by atoms with Gasteiger partial charge < -0.3 is 5.11 Å². The smallest absolute Gasteiger partial charge is 0.120 e. The molecule has 0 saturated heterocycles. The van der Waals surface area contributed by atoms with Crippen molar-refractivity contribution in [3.63, 3.8) is 0 Å². The molecule has 0 aliphatic heterocycles. The van der Waals surface area contributed by atoms with Crippen molar-refractivity contribution in [2.24, 2.45) is 0 Å². The van der Waals surface area contributed by atoms with Crippen molar-refractivity contribution in [3.8, 4) is 5.75 Å². The number of benzene rings is 1. The van der Waals surface area contributed by atoms with Crippen molar-refractivity contribution in [1.82, 2.24) is 0 Å². The first-order chi connectivity index (χ1) is 5.65. The van der Waals surface area contributed by atoms with Gasteiger partial charge >= 0.3 is 0 Å². The minimum Gasteiger partial charge on any atom is -0.508 e. The number of rotatable bonds is 2. The number of phenolic OH excluding ortho intramolecular Hbond substituents is 1. The second-order valence-corrected chi connectivity index (χ2v) is 3.15. The summed E-state index contributed by atoms with van der Waals surface area (Å²) in [7, 11) is 0. The molecule has 0 aliphatic carbocycles. The summed E-state index contributed by atoms with van der Waals surface area (Å²) in [6, 6.07) is 3.38. The van der Waals surface area contributed by atoms with Crippen LogP contribution in [0.5, 0.6) is 5.75 Å². The second-order valence-electron chi connectivity index (χ2n) is 2.71. The van der Waals surface area contributed by atoms with Gasteiger partial charge in [0.2, 0.25) is 0 Å². The van der Waals surface area contributed by atoms with Crippen LogP contribution in [-0.2, 0) is 6.42 Å². The number of allylic oxidation sites excluding steroid dienone is 1. The maximum atomic E-state index is 9.47. The fraction of sp³-hybridized carbons (Fsp3) is 0.200. The summed E-state index contributed by atoms with van der Waals surface area (Å²) >= 11 is 5.74. The van der Waals surface area contributed by atoms with Gasteiger partial charge in [0, 0.05) is 10.6 Å². The first-order valence-corrected chi connectivity index (χ1v) is 4.12. The molecule has 64 valence electrons. The highest BCUT2D eigenvalue weighted by molar-refractivity contribution is 6.30. The van der Waals surface area contributed by atoms with Crippen molar-refractivity contribution < 1.29 is 5.11 Å². The monoisotopic (exact) mass is 182 g/mol. The lowest BCUT2D eigenvalue weighted by Crippen LogP contribution is -1.87. The maximum absolute atomic E-state index is 9.47. The molecule has 0 amide bonds. The normalized spacial score (nSPS) is 9.83. The zero-order valence-electron chi connectivity index (χ0n) is 6.97. The molecule has 0 spiro atoms. The van der Waals surface area contributed by atoms with Crippen LogP contribution in [0, 0.1) is 6.92 Å². The lowest BCUT2D eigenvalue weighted by Gasteiger charge is -2.06. The molecule has 0 aromatic heterocycles. The van der Waals surface area contributed by atoms with Crippen LogP contribution >= 0.6 is 11.6 Å². The Bertz CT molecular complexity index is 282. The van der Waals surface area contributed by atoms with E-state index in [-0.39, 0.29) is 5.75 Å². The molecule has 0 bridgehead atoms. The number of hydrogen-bond donors (Lipinski definition) is 1. The van der Waals surface area contributed by atoms with Crippen molar-refractivity contribution in [2.45, 2.75) is 13.3 Å². The van der Waals surface area contributed by atoms with Gasteiger partial charge in [0.05, 0.1) is 0 Å². The fourth-order valence-electron chi connectivity index (χ4n) is 1.17. The zero-order valence-corrected chi connectivity index (χ0v) is 7.73. The van der Waals surface area contributed by atoms with Gasteiger partial charge in [-0.25, -0.2) is 0 Å². The zero-order chi connectivity index (χ0) is 9.14. The molecule has 0 atom stereocenters. The lowest BCUT2D eigenvalue weighted by molar-refractivity contribution is 0.469. The number of phenols is 1. The molecule has 1 aromatic rings. The quantitative estimate of drug-likeness (QED) is 0.697. The molecule has 1 rings (SSSR count). The van der Waals surface area contributed by atoms with Crippen LogP contribution in [0.25, 0.3) is 0 Å². The summed E-state index contributed by atoms with van der Waals surface area (Å²) < 4.78 is 0. The molecule has 0 unspecified atom stereocenters. The van der Waals surface area contributed by atoms with Gasteiger partial charge in [0.25, 0.3) is 0 Å². The molecule has 0 heterocycles. The standard InChI is InChI=1S/C10H11ClO/c1-3-4-9-7(2)5-8(11)6-10(9)12/h3,5-6,12H,1,4H2,2H3. The number of halogens is 1. The van der Waals surface area contributed by atoms with Gasteiger partial charge in [-0.2, -0.15) is 0 Å². The largest absolute Gasteiger partial charge is 0.508 e. The predicted octanol–water partition coefficient (Wildman–Crippen LogP) is 3.08. The summed E-state index contributed by atoms with van der Waals surface area (Å²) in [6.45, 7) is 5.54. The minimum absolute atomic E-state index is 0.250. The van der Waals surface area contributed by atoms with E-state index in [0.29, 0.717) is 11.4 Å². The molecule has 0 radical (unpaired) electrons. The topological polar surface area (TPSA) is 20.2 Å². The van der Waals surface area contributed by atoms with Crippen LogP contribution in [0.15, 0.2) is 24.8 Å². The Balaban J connectivity index is 3.18. The fourth-order valence-corrected chi connectivity index (χ4v) is 1.43. The first-order valence-electron chi connectivity index (χ1n) is 3.74. The SMILES string of the molecule is C=CCc1c(C)cc(Cl)cc1O.